The van der Waals surface area contributed by atoms with E-state index in [1.807, 2.05) is 24.3 Å². The molecule has 0 radical (unpaired) electrons. The Morgan fingerprint density at radius 1 is 0.923 bits per heavy atom. The number of hydrogen-bond donors (Lipinski definition) is 2. The van der Waals surface area contributed by atoms with Crippen LogP contribution in [0.5, 0.6) is 0 Å². The predicted molar refractivity (Wildman–Crippen MR) is 106 cm³/mol. The van der Waals surface area contributed by atoms with Gasteiger partial charge in [-0.3, -0.25) is 9.59 Å². The molecule has 1 saturated carbocycles. The lowest BCUT2D eigenvalue weighted by atomic mass is 9.68. The molecule has 0 aromatic heterocycles. The van der Waals surface area contributed by atoms with E-state index in [1.165, 1.54) is 6.92 Å². The number of halogens is 1. The SMILES string of the molecule is CC(=O)Nc1ccc(NC(=O)C2(c3cccc(Cl)c3)CCCCC2)cc1. The van der Waals surface area contributed by atoms with Crippen molar-refractivity contribution in [2.45, 2.75) is 44.4 Å². The molecule has 1 aliphatic carbocycles. The largest absolute Gasteiger partial charge is 0.326 e. The molecule has 0 atom stereocenters. The van der Waals surface area contributed by atoms with Gasteiger partial charge in [-0.1, -0.05) is 43.0 Å². The second-order valence-corrected chi connectivity index (χ2v) is 7.30. The Morgan fingerprint density at radius 2 is 1.54 bits per heavy atom. The van der Waals surface area contributed by atoms with Crippen LogP contribution in [0.1, 0.15) is 44.6 Å². The third kappa shape index (κ3) is 4.07. The molecule has 0 spiro atoms. The van der Waals surface area contributed by atoms with E-state index in [9.17, 15) is 9.59 Å². The Morgan fingerprint density at radius 3 is 2.12 bits per heavy atom. The summed E-state index contributed by atoms with van der Waals surface area (Å²) < 4.78 is 0. The quantitative estimate of drug-likeness (QED) is 0.782. The Labute approximate surface area is 158 Å². The number of carbonyl (C=O) groups is 2. The summed E-state index contributed by atoms with van der Waals surface area (Å²) in [5.41, 5.74) is 1.87. The minimum Gasteiger partial charge on any atom is -0.326 e. The highest BCUT2D eigenvalue weighted by Gasteiger charge is 2.41. The molecule has 2 aromatic carbocycles. The number of nitrogens with one attached hydrogen (secondary N) is 2. The van der Waals surface area contributed by atoms with Gasteiger partial charge in [0.25, 0.3) is 0 Å². The molecular weight excluding hydrogens is 348 g/mol. The molecule has 26 heavy (non-hydrogen) atoms. The lowest BCUT2D eigenvalue weighted by Gasteiger charge is -2.36. The van der Waals surface area contributed by atoms with Crippen LogP contribution in [-0.2, 0) is 15.0 Å². The van der Waals surface area contributed by atoms with Gasteiger partial charge in [0.1, 0.15) is 0 Å². The van der Waals surface area contributed by atoms with Crippen LogP contribution in [0.15, 0.2) is 48.5 Å². The average molecular weight is 371 g/mol. The topological polar surface area (TPSA) is 58.2 Å². The summed E-state index contributed by atoms with van der Waals surface area (Å²) in [4.78, 5) is 24.4. The standard InChI is InChI=1S/C21H23ClN2O2/c1-15(25)23-18-8-10-19(11-9-18)24-20(26)21(12-3-2-4-13-21)16-6-5-7-17(22)14-16/h5-11,14H,2-4,12-13H2,1H3,(H,23,25)(H,24,26). The van der Waals surface area contributed by atoms with Gasteiger partial charge in [-0.15, -0.1) is 0 Å². The summed E-state index contributed by atoms with van der Waals surface area (Å²) in [5, 5.41) is 6.43. The first-order valence-electron chi connectivity index (χ1n) is 8.95. The molecule has 2 amide bonds. The molecule has 3 rings (SSSR count). The first-order valence-corrected chi connectivity index (χ1v) is 9.33. The average Bonchev–Trinajstić information content (AvgIpc) is 2.63. The molecule has 136 valence electrons. The Kier molecular flexibility index (Phi) is 5.62. The lowest BCUT2D eigenvalue weighted by Crippen LogP contribution is -2.42. The van der Waals surface area contributed by atoms with Crippen molar-refractivity contribution in [1.82, 2.24) is 0 Å². The molecular formula is C21H23ClN2O2. The second kappa shape index (κ2) is 7.92. The van der Waals surface area contributed by atoms with Crippen molar-refractivity contribution in [1.29, 1.82) is 0 Å². The number of carbonyl (C=O) groups excluding carboxylic acids is 2. The van der Waals surface area contributed by atoms with E-state index in [0.717, 1.165) is 43.4 Å². The van der Waals surface area contributed by atoms with Gasteiger partial charge in [0.15, 0.2) is 0 Å². The highest BCUT2D eigenvalue weighted by atomic mass is 35.5. The fraction of sp³-hybridized carbons (Fsp3) is 0.333. The zero-order chi connectivity index (χ0) is 18.6. The number of amides is 2. The van der Waals surface area contributed by atoms with Crippen LogP contribution < -0.4 is 10.6 Å². The summed E-state index contributed by atoms with van der Waals surface area (Å²) >= 11 is 6.18. The van der Waals surface area contributed by atoms with E-state index in [4.69, 9.17) is 11.6 Å². The molecule has 0 aliphatic heterocycles. The van der Waals surface area contributed by atoms with Gasteiger partial charge >= 0.3 is 0 Å². The molecule has 1 fully saturated rings. The third-order valence-corrected chi connectivity index (χ3v) is 5.22. The van der Waals surface area contributed by atoms with Crippen molar-refractivity contribution in [3.63, 3.8) is 0 Å². The summed E-state index contributed by atoms with van der Waals surface area (Å²) in [6, 6.07) is 14.8. The fourth-order valence-corrected chi connectivity index (χ4v) is 3.87. The van der Waals surface area contributed by atoms with Crippen molar-refractivity contribution in [3.8, 4) is 0 Å². The minimum atomic E-state index is -0.542. The van der Waals surface area contributed by atoms with E-state index < -0.39 is 5.41 Å². The second-order valence-electron chi connectivity index (χ2n) is 6.87. The molecule has 1 aliphatic rings. The highest BCUT2D eigenvalue weighted by molar-refractivity contribution is 6.30. The molecule has 0 unspecified atom stereocenters. The van der Waals surface area contributed by atoms with Crippen LogP contribution in [0, 0.1) is 0 Å². The van der Waals surface area contributed by atoms with Crippen molar-refractivity contribution < 1.29 is 9.59 Å². The maximum atomic E-state index is 13.2. The van der Waals surface area contributed by atoms with E-state index in [2.05, 4.69) is 10.6 Å². The monoisotopic (exact) mass is 370 g/mol. The van der Waals surface area contributed by atoms with Crippen molar-refractivity contribution in [2.24, 2.45) is 0 Å². The number of benzene rings is 2. The smallest absolute Gasteiger partial charge is 0.235 e. The van der Waals surface area contributed by atoms with Crippen molar-refractivity contribution in [2.75, 3.05) is 10.6 Å². The van der Waals surface area contributed by atoms with Crippen LogP contribution >= 0.6 is 11.6 Å². The fourth-order valence-electron chi connectivity index (χ4n) is 3.68. The Bertz CT molecular complexity index is 796. The van der Waals surface area contributed by atoms with Gasteiger partial charge in [-0.25, -0.2) is 0 Å². The molecule has 0 bridgehead atoms. The number of hydrogen-bond acceptors (Lipinski definition) is 2. The number of rotatable bonds is 4. The van der Waals surface area contributed by atoms with Crippen LogP contribution in [0.25, 0.3) is 0 Å². The molecule has 4 nitrogen and oxygen atoms in total. The molecule has 0 heterocycles. The van der Waals surface area contributed by atoms with Gasteiger partial charge in [-0.05, 0) is 54.8 Å². The zero-order valence-corrected chi connectivity index (χ0v) is 15.6. The maximum Gasteiger partial charge on any atom is 0.235 e. The summed E-state index contributed by atoms with van der Waals surface area (Å²) in [7, 11) is 0. The van der Waals surface area contributed by atoms with Gasteiger partial charge in [0.2, 0.25) is 11.8 Å². The maximum absolute atomic E-state index is 13.2. The molecule has 5 heteroatoms. The first-order chi connectivity index (χ1) is 12.5. The van der Waals surface area contributed by atoms with Crippen molar-refractivity contribution in [3.05, 3.63) is 59.1 Å². The molecule has 2 aromatic rings. The van der Waals surface area contributed by atoms with Crippen LogP contribution in [0.4, 0.5) is 11.4 Å². The molecule has 0 saturated heterocycles. The minimum absolute atomic E-state index is 0.00624. The lowest BCUT2D eigenvalue weighted by molar-refractivity contribution is -0.122. The van der Waals surface area contributed by atoms with Crippen molar-refractivity contribution >= 4 is 34.8 Å². The van der Waals surface area contributed by atoms with Gasteiger partial charge in [0.05, 0.1) is 5.41 Å². The summed E-state index contributed by atoms with van der Waals surface area (Å²) in [6.45, 7) is 1.47. The zero-order valence-electron chi connectivity index (χ0n) is 14.8. The van der Waals surface area contributed by atoms with Crippen LogP contribution in [0.2, 0.25) is 5.02 Å². The number of anilines is 2. The normalized spacial score (nSPS) is 15.9. The van der Waals surface area contributed by atoms with E-state index >= 15 is 0 Å². The van der Waals surface area contributed by atoms with E-state index in [-0.39, 0.29) is 11.8 Å². The first kappa shape index (κ1) is 18.5. The van der Waals surface area contributed by atoms with Gasteiger partial charge < -0.3 is 10.6 Å². The Balaban J connectivity index is 1.83. The van der Waals surface area contributed by atoms with Gasteiger partial charge in [0, 0.05) is 23.3 Å². The highest BCUT2D eigenvalue weighted by Crippen LogP contribution is 2.41. The summed E-state index contributed by atoms with van der Waals surface area (Å²) in [5.74, 6) is -0.115. The summed E-state index contributed by atoms with van der Waals surface area (Å²) in [6.07, 6.45) is 4.86. The predicted octanol–water partition coefficient (Wildman–Crippen LogP) is 5.14. The van der Waals surface area contributed by atoms with Crippen LogP contribution in [-0.4, -0.2) is 11.8 Å². The van der Waals surface area contributed by atoms with Gasteiger partial charge in [-0.2, -0.15) is 0 Å². The van der Waals surface area contributed by atoms with E-state index in [0.29, 0.717) is 10.7 Å². The van der Waals surface area contributed by atoms with Crippen LogP contribution in [0.3, 0.4) is 0 Å². The Hall–Kier alpha value is -2.33. The third-order valence-electron chi connectivity index (χ3n) is 4.98. The molecule has 2 N–H and O–H groups in total. The van der Waals surface area contributed by atoms with E-state index in [1.54, 1.807) is 24.3 Å².